The summed E-state index contributed by atoms with van der Waals surface area (Å²) in [5.41, 5.74) is 2.22. The number of fused-ring (bicyclic) bond motifs is 1. The Morgan fingerprint density at radius 3 is 1.96 bits per heavy atom. The van der Waals surface area contributed by atoms with Crippen molar-refractivity contribution >= 4 is 17.7 Å². The van der Waals surface area contributed by atoms with E-state index in [0.29, 0.717) is 5.52 Å². The molecule has 1 radical (unpaired) electrons. The van der Waals surface area contributed by atoms with Gasteiger partial charge in [0.1, 0.15) is 17.0 Å². The van der Waals surface area contributed by atoms with Gasteiger partial charge in [0, 0.05) is 43.8 Å². The van der Waals surface area contributed by atoms with Crippen LogP contribution in [-0.2, 0) is 25.2 Å². The van der Waals surface area contributed by atoms with Crippen molar-refractivity contribution in [3.05, 3.63) is 85.2 Å². The van der Waals surface area contributed by atoms with E-state index in [9.17, 15) is 10.2 Å². The van der Waals surface area contributed by atoms with Crippen molar-refractivity contribution < 1.29 is 35.4 Å². The van der Waals surface area contributed by atoms with Gasteiger partial charge in [-0.1, -0.05) is 36.4 Å². The third-order valence-corrected chi connectivity index (χ3v) is 3.46. The van der Waals surface area contributed by atoms with Crippen LogP contribution >= 0.6 is 0 Å². The number of pyridine rings is 2. The minimum absolute atomic E-state index is 0. The number of rotatable bonds is 1. The first-order valence-electron chi connectivity index (χ1n) is 7.71. The minimum Gasteiger partial charge on any atom is -0.545 e. The third kappa shape index (κ3) is 6.00. The summed E-state index contributed by atoms with van der Waals surface area (Å²) >= 11 is 0. The molecular weight excluding hydrogens is 514 g/mol. The summed E-state index contributed by atoms with van der Waals surface area (Å²) in [5.74, 6) is 0.504. The number of carbonyl (C=O) groups excluding carboxylic acids is 1. The Morgan fingerprint density at radius 1 is 0.667 bits per heavy atom. The molecule has 0 aliphatic heterocycles. The van der Waals surface area contributed by atoms with Crippen LogP contribution < -0.4 is 0 Å². The molecule has 0 atom stereocenters. The Balaban J connectivity index is 0.000000242. The van der Waals surface area contributed by atoms with Crippen molar-refractivity contribution in [2.24, 2.45) is 0 Å². The molecule has 0 aliphatic rings. The molecule has 4 rings (SSSR count). The van der Waals surface area contributed by atoms with Gasteiger partial charge in [0.25, 0.3) is 0 Å². The number of phenols is 2. The van der Waals surface area contributed by atoms with Crippen molar-refractivity contribution in [1.29, 1.82) is 0 Å². The van der Waals surface area contributed by atoms with E-state index in [2.05, 4.69) is 16.8 Å². The van der Waals surface area contributed by atoms with Gasteiger partial charge >= 0.3 is 0 Å². The van der Waals surface area contributed by atoms with Crippen LogP contribution in [-0.4, -0.2) is 27.0 Å². The van der Waals surface area contributed by atoms with Crippen molar-refractivity contribution in [2.75, 3.05) is 0 Å². The first-order chi connectivity index (χ1) is 12.8. The zero-order valence-corrected chi connectivity index (χ0v) is 17.0. The van der Waals surface area contributed by atoms with E-state index in [-0.39, 0.29) is 31.9 Å². The average molecular weight is 532 g/mol. The predicted molar refractivity (Wildman–Crippen MR) is 101 cm³/mol. The monoisotopic (exact) mass is 532 g/mol. The van der Waals surface area contributed by atoms with Crippen LogP contribution in [0.2, 0.25) is 0 Å². The van der Waals surface area contributed by atoms with Crippen molar-refractivity contribution in [3.63, 3.8) is 0 Å². The molecule has 4 aromatic rings. The van der Waals surface area contributed by atoms with Gasteiger partial charge in [0.15, 0.2) is 0 Å². The van der Waals surface area contributed by atoms with E-state index in [4.69, 9.17) is 4.79 Å². The topological polar surface area (TPSA) is 83.3 Å². The van der Waals surface area contributed by atoms with Gasteiger partial charge in [-0.2, -0.15) is 0 Å². The van der Waals surface area contributed by atoms with E-state index in [1.165, 1.54) is 0 Å². The van der Waals surface area contributed by atoms with Crippen molar-refractivity contribution in [3.8, 4) is 22.8 Å². The normalized spacial score (nSPS) is 9.04. The largest absolute Gasteiger partial charge is 0.545 e. The zero-order valence-electron chi connectivity index (χ0n) is 14.2. The smallest absolute Gasteiger partial charge is 0.141 e. The van der Waals surface area contributed by atoms with Crippen LogP contribution in [0.5, 0.6) is 11.5 Å². The number of hydrogen-bond acceptors (Lipinski definition) is 5. The molecule has 0 unspecified atom stereocenters. The quantitative estimate of drug-likeness (QED) is 0.285. The second-order valence-corrected chi connectivity index (χ2v) is 5.08. The van der Waals surface area contributed by atoms with Gasteiger partial charge in [-0.3, -0.25) is 16.8 Å². The van der Waals surface area contributed by atoms with Gasteiger partial charge in [0.2, 0.25) is 0 Å². The number of aromatic hydroxyl groups is 2. The molecule has 0 spiro atoms. The number of aromatic nitrogens is 2. The molecule has 0 amide bonds. The molecule has 2 N–H and O–H groups in total. The number of benzene rings is 2. The maximum atomic E-state index is 9.52. The van der Waals surface area contributed by atoms with E-state index < -0.39 is 0 Å². The summed E-state index contributed by atoms with van der Waals surface area (Å²) in [6, 6.07) is 21.9. The second kappa shape index (κ2) is 11.5. The first-order valence-corrected chi connectivity index (χ1v) is 7.71. The average Bonchev–Trinajstić information content (AvgIpc) is 2.72. The number of para-hydroxylation sites is 2. The molecular formula is C21H17N2O3Re-. The Kier molecular flexibility index (Phi) is 9.38. The molecule has 0 saturated heterocycles. The Labute approximate surface area is 171 Å². The fourth-order valence-electron chi connectivity index (χ4n) is 2.30. The summed E-state index contributed by atoms with van der Waals surface area (Å²) in [7, 11) is 0. The van der Waals surface area contributed by atoms with Gasteiger partial charge < -0.3 is 15.0 Å². The molecule has 6 heteroatoms. The minimum atomic E-state index is 0. The molecule has 2 aromatic heterocycles. The van der Waals surface area contributed by atoms with Crippen LogP contribution in [0.1, 0.15) is 0 Å². The summed E-state index contributed by atoms with van der Waals surface area (Å²) in [5, 5.41) is 19.8. The Bertz CT molecular complexity index is 960. The van der Waals surface area contributed by atoms with E-state index >= 15 is 0 Å². The second-order valence-electron chi connectivity index (χ2n) is 5.08. The van der Waals surface area contributed by atoms with Crippen LogP contribution in [0.15, 0.2) is 85.2 Å². The maximum Gasteiger partial charge on any atom is 0.141 e. The molecule has 0 aliphatic carbocycles. The molecule has 27 heavy (non-hydrogen) atoms. The number of nitrogens with zero attached hydrogens (tertiary/aromatic N) is 2. The molecule has 0 saturated carbocycles. The van der Waals surface area contributed by atoms with Crippen LogP contribution in [0.25, 0.3) is 22.2 Å². The molecule has 2 aromatic carbocycles. The molecule has 0 fully saturated rings. The van der Waals surface area contributed by atoms with E-state index in [1.54, 1.807) is 36.7 Å². The Morgan fingerprint density at radius 2 is 1.30 bits per heavy atom. The van der Waals surface area contributed by atoms with Gasteiger partial charge in [-0.15, -0.1) is 0 Å². The molecule has 0 bridgehead atoms. The van der Waals surface area contributed by atoms with Gasteiger partial charge in [-0.05, 0) is 36.4 Å². The summed E-state index contributed by atoms with van der Waals surface area (Å²) in [6.45, 7) is 3.25. The van der Waals surface area contributed by atoms with E-state index in [0.717, 1.165) is 16.6 Å². The fourth-order valence-corrected chi connectivity index (χ4v) is 2.30. The fraction of sp³-hybridized carbons (Fsp3) is 0. The zero-order chi connectivity index (χ0) is 18.8. The maximum absolute atomic E-state index is 9.52. The van der Waals surface area contributed by atoms with Crippen molar-refractivity contribution in [1.82, 2.24) is 9.97 Å². The third-order valence-electron chi connectivity index (χ3n) is 3.46. The van der Waals surface area contributed by atoms with Crippen LogP contribution in [0, 0.1) is 0 Å². The van der Waals surface area contributed by atoms with Crippen LogP contribution in [0.4, 0.5) is 0 Å². The number of hydrogen-bond donors (Lipinski definition) is 2. The molecule has 2 heterocycles. The van der Waals surface area contributed by atoms with Crippen LogP contribution in [0.3, 0.4) is 0 Å². The SMILES string of the molecule is Oc1cccc2cccnc12.Oc1ccccc1-c1ccccn1.[CH-]=O.[Re]. The summed E-state index contributed by atoms with van der Waals surface area (Å²) < 4.78 is 0. The molecule has 5 nitrogen and oxygen atoms in total. The van der Waals surface area contributed by atoms with Gasteiger partial charge in [-0.25, -0.2) is 0 Å². The summed E-state index contributed by atoms with van der Waals surface area (Å²) in [4.78, 5) is 15.9. The first kappa shape index (κ1) is 22.0. The standard InChI is InChI=1S/C11H9NO.C9H7NO.CHO.Re/c13-11-7-2-1-5-9(11)10-6-3-4-8-12-10;11-8-5-1-3-7-4-2-6-10-9(7)8;1-2;/h1-8,13H;1-6,11H;1H;/q;;-1;. The predicted octanol–water partition coefficient (Wildman–Crippen LogP) is 4.12. The van der Waals surface area contributed by atoms with E-state index in [1.807, 2.05) is 48.5 Å². The summed E-state index contributed by atoms with van der Waals surface area (Å²) in [6.07, 6.45) is 3.38. The van der Waals surface area contributed by atoms with Gasteiger partial charge in [0.05, 0.1) is 5.69 Å². The Hall–Kier alpha value is -3.07. The molecule has 137 valence electrons. The number of phenolic OH excluding ortho intramolecular Hbond substituents is 2. The van der Waals surface area contributed by atoms with Crippen molar-refractivity contribution in [2.45, 2.75) is 0 Å².